The lowest BCUT2D eigenvalue weighted by Gasteiger charge is -2.32. The third-order valence-electron chi connectivity index (χ3n) is 5.64. The van der Waals surface area contributed by atoms with E-state index < -0.39 is 16.1 Å². The van der Waals surface area contributed by atoms with Gasteiger partial charge in [-0.05, 0) is 54.1 Å². The zero-order chi connectivity index (χ0) is 24.5. The number of anilines is 1. The van der Waals surface area contributed by atoms with Crippen molar-refractivity contribution in [1.29, 1.82) is 0 Å². The summed E-state index contributed by atoms with van der Waals surface area (Å²) in [7, 11) is -4.25. The highest BCUT2D eigenvalue weighted by Gasteiger charge is 2.33. The number of benzene rings is 2. The maximum absolute atomic E-state index is 13.5. The molecule has 2 heterocycles. The van der Waals surface area contributed by atoms with Gasteiger partial charge in [0, 0.05) is 30.0 Å². The molecule has 4 N–H and O–H groups in total. The molecule has 12 heteroatoms. The van der Waals surface area contributed by atoms with Crippen LogP contribution in [-0.2, 0) is 34.2 Å². The van der Waals surface area contributed by atoms with E-state index in [-0.39, 0.29) is 38.2 Å². The molecule has 180 valence electrons. The molecule has 1 unspecified atom stereocenters. The van der Waals surface area contributed by atoms with E-state index >= 15 is 0 Å². The van der Waals surface area contributed by atoms with Crippen molar-refractivity contribution < 1.29 is 13.2 Å². The molecule has 1 aliphatic rings. The Bertz CT molecular complexity index is 1310. The van der Waals surface area contributed by atoms with Crippen LogP contribution in [0.3, 0.4) is 0 Å². The number of aromatic amines is 1. The Hall–Kier alpha value is -2.30. The molecular weight excluding hydrogens is 521 g/mol. The normalized spacial score (nSPS) is 14.6. The largest absolute Gasteiger partial charge is 0.398 e. The standard InChI is InChI=1S/C22H22Cl3N5O3S/c23-15-9-17(24)20(18(26)10-15)34(32,33)29-19(6-5-16-11-27-22(25)28-16)21(31)30-8-7-13-3-1-2-4-14(13)12-30/h1-4,9-11,19,29H,5-8,12,26H2,(H,27,28). The number of amides is 1. The Labute approximate surface area is 212 Å². The molecule has 4 rings (SSSR count). The second-order valence-electron chi connectivity index (χ2n) is 8.00. The minimum absolute atomic E-state index is 0.108. The van der Waals surface area contributed by atoms with Gasteiger partial charge in [-0.2, -0.15) is 4.72 Å². The number of sulfonamides is 1. The number of hydrogen-bond donors (Lipinski definition) is 3. The van der Waals surface area contributed by atoms with E-state index in [4.69, 9.17) is 40.5 Å². The maximum atomic E-state index is 13.5. The molecule has 1 amide bonds. The fourth-order valence-corrected chi connectivity index (χ4v) is 6.39. The minimum atomic E-state index is -4.25. The summed E-state index contributed by atoms with van der Waals surface area (Å²) < 4.78 is 29.0. The van der Waals surface area contributed by atoms with E-state index in [1.165, 1.54) is 17.7 Å². The van der Waals surface area contributed by atoms with Crippen molar-refractivity contribution in [3.8, 4) is 0 Å². The number of nitrogens with two attached hydrogens (primary N) is 1. The molecular formula is C22H22Cl3N5O3S. The quantitative estimate of drug-likeness (QED) is 0.392. The van der Waals surface area contributed by atoms with Gasteiger partial charge in [-0.1, -0.05) is 47.5 Å². The summed E-state index contributed by atoms with van der Waals surface area (Å²) in [6.07, 6.45) is 2.74. The zero-order valence-electron chi connectivity index (χ0n) is 17.9. The summed E-state index contributed by atoms with van der Waals surface area (Å²) in [5.74, 6) is -0.340. The van der Waals surface area contributed by atoms with Crippen molar-refractivity contribution in [3.05, 3.63) is 74.7 Å². The monoisotopic (exact) mass is 541 g/mol. The predicted molar refractivity (Wildman–Crippen MR) is 132 cm³/mol. The van der Waals surface area contributed by atoms with Crippen molar-refractivity contribution in [3.63, 3.8) is 0 Å². The first-order chi connectivity index (χ1) is 16.1. The third kappa shape index (κ3) is 5.50. The van der Waals surface area contributed by atoms with Crippen LogP contribution in [0.5, 0.6) is 0 Å². The van der Waals surface area contributed by atoms with Gasteiger partial charge in [0.25, 0.3) is 0 Å². The summed E-state index contributed by atoms with van der Waals surface area (Å²) in [6, 6.07) is 9.40. The topological polar surface area (TPSA) is 121 Å². The lowest BCUT2D eigenvalue weighted by atomic mass is 9.99. The Kier molecular flexibility index (Phi) is 7.39. The second kappa shape index (κ2) is 10.1. The average molecular weight is 543 g/mol. The van der Waals surface area contributed by atoms with Gasteiger partial charge in [0.2, 0.25) is 15.9 Å². The fourth-order valence-electron chi connectivity index (χ4n) is 4.01. The number of fused-ring (bicyclic) bond motifs is 1. The number of aryl methyl sites for hydroxylation is 1. The van der Waals surface area contributed by atoms with Gasteiger partial charge in [-0.25, -0.2) is 13.4 Å². The van der Waals surface area contributed by atoms with Crippen LogP contribution in [0.15, 0.2) is 47.5 Å². The molecule has 0 bridgehead atoms. The van der Waals surface area contributed by atoms with E-state index in [1.807, 2.05) is 24.3 Å². The number of nitrogen functional groups attached to an aromatic ring is 1. The average Bonchev–Trinajstić information content (AvgIpc) is 3.19. The van der Waals surface area contributed by atoms with E-state index in [0.717, 1.165) is 5.56 Å². The SMILES string of the molecule is Nc1cc(Cl)cc(Cl)c1S(=O)(=O)NC(CCc1cnc(Cl)[nH]1)C(=O)N1CCc2ccccc2C1. The first-order valence-electron chi connectivity index (χ1n) is 10.5. The molecule has 0 radical (unpaired) electrons. The van der Waals surface area contributed by atoms with Gasteiger partial charge >= 0.3 is 0 Å². The highest BCUT2D eigenvalue weighted by Crippen LogP contribution is 2.31. The lowest BCUT2D eigenvalue weighted by Crippen LogP contribution is -2.50. The molecule has 2 aromatic carbocycles. The molecule has 8 nitrogen and oxygen atoms in total. The Morgan fingerprint density at radius 1 is 1.21 bits per heavy atom. The Morgan fingerprint density at radius 3 is 2.62 bits per heavy atom. The van der Waals surface area contributed by atoms with Crippen LogP contribution >= 0.6 is 34.8 Å². The van der Waals surface area contributed by atoms with Crippen molar-refractivity contribution in [2.24, 2.45) is 0 Å². The molecule has 1 aromatic heterocycles. The fraction of sp³-hybridized carbons (Fsp3) is 0.273. The number of imidazole rings is 1. The van der Waals surface area contributed by atoms with Crippen LogP contribution in [0.25, 0.3) is 0 Å². The van der Waals surface area contributed by atoms with Crippen molar-refractivity contribution in [2.45, 2.75) is 36.7 Å². The molecule has 1 aliphatic heterocycles. The van der Waals surface area contributed by atoms with Gasteiger partial charge in [-0.15, -0.1) is 0 Å². The van der Waals surface area contributed by atoms with E-state index in [0.29, 0.717) is 31.6 Å². The third-order valence-corrected chi connectivity index (χ3v) is 8.05. The van der Waals surface area contributed by atoms with E-state index in [1.54, 1.807) is 11.1 Å². The maximum Gasteiger partial charge on any atom is 0.244 e. The van der Waals surface area contributed by atoms with Gasteiger partial charge in [0.15, 0.2) is 5.28 Å². The van der Waals surface area contributed by atoms with Crippen LogP contribution in [-0.4, -0.2) is 41.8 Å². The number of rotatable bonds is 7. The summed E-state index contributed by atoms with van der Waals surface area (Å²) in [5, 5.41) is 0.292. The van der Waals surface area contributed by atoms with Crippen LogP contribution in [0.1, 0.15) is 23.2 Å². The number of nitrogens with zero attached hydrogens (tertiary/aromatic N) is 2. The first-order valence-corrected chi connectivity index (χ1v) is 13.1. The van der Waals surface area contributed by atoms with Crippen LogP contribution < -0.4 is 10.5 Å². The molecule has 0 fully saturated rings. The summed E-state index contributed by atoms with van der Waals surface area (Å²) in [4.78, 5) is 21.7. The van der Waals surface area contributed by atoms with E-state index in [2.05, 4.69) is 14.7 Å². The molecule has 3 aromatic rings. The second-order valence-corrected chi connectivity index (χ2v) is 10.8. The summed E-state index contributed by atoms with van der Waals surface area (Å²) in [6.45, 7) is 0.876. The molecule has 0 saturated carbocycles. The summed E-state index contributed by atoms with van der Waals surface area (Å²) >= 11 is 17.9. The van der Waals surface area contributed by atoms with Gasteiger partial charge in [0.1, 0.15) is 10.9 Å². The Morgan fingerprint density at radius 2 is 1.94 bits per heavy atom. The number of halogens is 3. The number of nitrogens with one attached hydrogen (secondary N) is 2. The van der Waals surface area contributed by atoms with Gasteiger partial charge in [-0.3, -0.25) is 4.79 Å². The van der Waals surface area contributed by atoms with Gasteiger partial charge in [0.05, 0.1) is 10.7 Å². The molecule has 0 aliphatic carbocycles. The van der Waals surface area contributed by atoms with Crippen molar-refractivity contribution in [1.82, 2.24) is 19.6 Å². The van der Waals surface area contributed by atoms with Crippen LogP contribution in [0.4, 0.5) is 5.69 Å². The molecule has 0 saturated heterocycles. The Balaban J connectivity index is 1.61. The first kappa shape index (κ1) is 24.8. The highest BCUT2D eigenvalue weighted by molar-refractivity contribution is 7.89. The van der Waals surface area contributed by atoms with E-state index in [9.17, 15) is 13.2 Å². The van der Waals surface area contributed by atoms with Crippen molar-refractivity contribution >= 4 is 56.4 Å². The smallest absolute Gasteiger partial charge is 0.244 e. The van der Waals surface area contributed by atoms with Crippen LogP contribution in [0.2, 0.25) is 15.3 Å². The lowest BCUT2D eigenvalue weighted by molar-refractivity contribution is -0.134. The number of aromatic nitrogens is 2. The highest BCUT2D eigenvalue weighted by atomic mass is 35.5. The number of H-pyrrole nitrogens is 1. The van der Waals surface area contributed by atoms with Crippen LogP contribution in [0, 0.1) is 0 Å². The number of hydrogen-bond acceptors (Lipinski definition) is 5. The molecule has 34 heavy (non-hydrogen) atoms. The van der Waals surface area contributed by atoms with Crippen molar-refractivity contribution in [2.75, 3.05) is 12.3 Å². The summed E-state index contributed by atoms with van der Waals surface area (Å²) in [5.41, 5.74) is 8.69. The number of carbonyl (C=O) groups excluding carboxylic acids is 1. The van der Waals surface area contributed by atoms with Gasteiger partial charge < -0.3 is 15.6 Å². The molecule has 1 atom stereocenters. The minimum Gasteiger partial charge on any atom is -0.398 e. The predicted octanol–water partition coefficient (Wildman–Crippen LogP) is 3.82. The zero-order valence-corrected chi connectivity index (χ0v) is 21.0. The number of carbonyl (C=O) groups is 1. The molecule has 0 spiro atoms.